The SMILES string of the molecule is O=C1Cc2cc(C3(O)CCCNC3)ccc2N1. The number of anilines is 1. The average molecular weight is 232 g/mol. The van der Waals surface area contributed by atoms with Gasteiger partial charge in [-0.25, -0.2) is 0 Å². The van der Waals surface area contributed by atoms with Gasteiger partial charge in [0.2, 0.25) is 5.91 Å². The van der Waals surface area contributed by atoms with Crippen molar-refractivity contribution < 1.29 is 9.90 Å². The molecule has 4 nitrogen and oxygen atoms in total. The van der Waals surface area contributed by atoms with E-state index in [1.807, 2.05) is 18.2 Å². The smallest absolute Gasteiger partial charge is 0.228 e. The number of piperidine rings is 1. The number of nitrogens with one attached hydrogen (secondary N) is 2. The molecule has 0 radical (unpaired) electrons. The molecule has 1 unspecified atom stereocenters. The molecule has 4 heteroatoms. The highest BCUT2D eigenvalue weighted by Crippen LogP contribution is 2.32. The Morgan fingerprint density at radius 3 is 3.00 bits per heavy atom. The van der Waals surface area contributed by atoms with Gasteiger partial charge in [0.25, 0.3) is 0 Å². The quantitative estimate of drug-likeness (QED) is 0.669. The van der Waals surface area contributed by atoms with E-state index in [0.29, 0.717) is 13.0 Å². The van der Waals surface area contributed by atoms with Crippen molar-refractivity contribution in [3.8, 4) is 0 Å². The van der Waals surface area contributed by atoms with E-state index in [2.05, 4.69) is 10.6 Å². The summed E-state index contributed by atoms with van der Waals surface area (Å²) in [5.74, 6) is 0.0332. The molecule has 3 rings (SSSR count). The molecule has 1 fully saturated rings. The van der Waals surface area contributed by atoms with Gasteiger partial charge >= 0.3 is 0 Å². The zero-order valence-corrected chi connectivity index (χ0v) is 9.62. The third-order valence-electron chi connectivity index (χ3n) is 3.63. The van der Waals surface area contributed by atoms with Crippen LogP contribution < -0.4 is 10.6 Å². The molecule has 0 spiro atoms. The fraction of sp³-hybridized carbons (Fsp3) is 0.462. The number of β-amino-alcohol motifs (C(OH)–C–C–N with tert-alkyl or cyclic N) is 1. The van der Waals surface area contributed by atoms with Crippen LogP contribution in [0.3, 0.4) is 0 Å². The van der Waals surface area contributed by atoms with E-state index < -0.39 is 5.60 Å². The second-order valence-corrected chi connectivity index (χ2v) is 4.91. The molecule has 0 saturated carbocycles. The molecule has 0 aromatic heterocycles. The number of aliphatic hydroxyl groups is 1. The van der Waals surface area contributed by atoms with Crippen molar-refractivity contribution in [1.82, 2.24) is 5.32 Å². The molecule has 2 aliphatic rings. The fourth-order valence-electron chi connectivity index (χ4n) is 2.65. The molecule has 0 aliphatic carbocycles. The summed E-state index contributed by atoms with van der Waals surface area (Å²) in [5.41, 5.74) is 2.01. The monoisotopic (exact) mass is 232 g/mol. The Labute approximate surface area is 100 Å². The summed E-state index contributed by atoms with van der Waals surface area (Å²) in [7, 11) is 0. The largest absolute Gasteiger partial charge is 0.384 e. The van der Waals surface area contributed by atoms with E-state index in [1.54, 1.807) is 0 Å². The second-order valence-electron chi connectivity index (χ2n) is 4.91. The normalized spacial score (nSPS) is 27.7. The molecule has 1 atom stereocenters. The molecule has 1 aromatic carbocycles. The van der Waals surface area contributed by atoms with Crippen LogP contribution in [-0.2, 0) is 16.8 Å². The highest BCUT2D eigenvalue weighted by molar-refractivity contribution is 5.99. The Hall–Kier alpha value is -1.39. The van der Waals surface area contributed by atoms with Gasteiger partial charge in [-0.3, -0.25) is 4.79 Å². The third-order valence-corrected chi connectivity index (χ3v) is 3.63. The van der Waals surface area contributed by atoms with Crippen molar-refractivity contribution in [2.75, 3.05) is 18.4 Å². The zero-order valence-electron chi connectivity index (χ0n) is 9.62. The summed E-state index contributed by atoms with van der Waals surface area (Å²) in [6, 6.07) is 5.76. The minimum Gasteiger partial charge on any atom is -0.384 e. The van der Waals surface area contributed by atoms with Crippen molar-refractivity contribution in [2.24, 2.45) is 0 Å². The Kier molecular flexibility index (Phi) is 2.42. The van der Waals surface area contributed by atoms with Gasteiger partial charge in [-0.15, -0.1) is 0 Å². The third kappa shape index (κ3) is 1.83. The van der Waals surface area contributed by atoms with Crippen molar-refractivity contribution in [3.05, 3.63) is 29.3 Å². The summed E-state index contributed by atoms with van der Waals surface area (Å²) in [6.45, 7) is 1.56. The van der Waals surface area contributed by atoms with Gasteiger partial charge in [-0.1, -0.05) is 12.1 Å². The molecular formula is C13H16N2O2. The molecule has 90 valence electrons. The molecule has 0 bridgehead atoms. The Morgan fingerprint density at radius 1 is 1.35 bits per heavy atom. The van der Waals surface area contributed by atoms with Gasteiger partial charge in [-0.05, 0) is 36.6 Å². The maximum absolute atomic E-state index is 11.3. The average Bonchev–Trinajstić information content (AvgIpc) is 2.69. The predicted octanol–water partition coefficient (Wildman–Crippen LogP) is 0.752. The van der Waals surface area contributed by atoms with Crippen molar-refractivity contribution in [3.63, 3.8) is 0 Å². The van der Waals surface area contributed by atoms with Crippen LogP contribution in [0.5, 0.6) is 0 Å². The first-order valence-corrected chi connectivity index (χ1v) is 6.04. The van der Waals surface area contributed by atoms with Gasteiger partial charge in [0.1, 0.15) is 5.60 Å². The van der Waals surface area contributed by atoms with Crippen molar-refractivity contribution in [1.29, 1.82) is 0 Å². The van der Waals surface area contributed by atoms with Crippen molar-refractivity contribution >= 4 is 11.6 Å². The number of fused-ring (bicyclic) bond motifs is 1. The van der Waals surface area contributed by atoms with E-state index in [-0.39, 0.29) is 5.91 Å². The van der Waals surface area contributed by atoms with Crippen LogP contribution in [-0.4, -0.2) is 24.1 Å². The zero-order chi connectivity index (χ0) is 11.9. The number of benzene rings is 1. The van der Waals surface area contributed by atoms with Crippen LogP contribution in [0.1, 0.15) is 24.0 Å². The number of carbonyl (C=O) groups is 1. The molecule has 17 heavy (non-hydrogen) atoms. The summed E-state index contributed by atoms with van der Waals surface area (Å²) in [6.07, 6.45) is 2.18. The van der Waals surface area contributed by atoms with Crippen LogP contribution >= 0.6 is 0 Å². The summed E-state index contributed by atoms with van der Waals surface area (Å²) >= 11 is 0. The van der Waals surface area contributed by atoms with E-state index in [1.165, 1.54) is 0 Å². The maximum Gasteiger partial charge on any atom is 0.228 e. The molecule has 3 N–H and O–H groups in total. The standard InChI is InChI=1S/C13H16N2O2/c16-12-7-9-6-10(2-3-11(9)15-12)13(17)4-1-5-14-8-13/h2-3,6,14,17H,1,4-5,7-8H2,(H,15,16). The lowest BCUT2D eigenvalue weighted by Crippen LogP contribution is -2.43. The van der Waals surface area contributed by atoms with Crippen LogP contribution in [0.25, 0.3) is 0 Å². The first kappa shape index (κ1) is 10.7. The van der Waals surface area contributed by atoms with Crippen LogP contribution in [0.15, 0.2) is 18.2 Å². The highest BCUT2D eigenvalue weighted by Gasteiger charge is 2.32. The Balaban J connectivity index is 1.94. The Morgan fingerprint density at radius 2 is 2.24 bits per heavy atom. The highest BCUT2D eigenvalue weighted by atomic mass is 16.3. The number of hydrogen-bond donors (Lipinski definition) is 3. The minimum absolute atomic E-state index is 0.0332. The first-order chi connectivity index (χ1) is 8.17. The number of amides is 1. The van der Waals surface area contributed by atoms with E-state index >= 15 is 0 Å². The molecular weight excluding hydrogens is 216 g/mol. The van der Waals surface area contributed by atoms with Gasteiger partial charge in [0.05, 0.1) is 6.42 Å². The van der Waals surface area contributed by atoms with Gasteiger partial charge < -0.3 is 15.7 Å². The predicted molar refractivity (Wildman–Crippen MR) is 64.8 cm³/mol. The maximum atomic E-state index is 11.3. The second kappa shape index (κ2) is 3.82. The first-order valence-electron chi connectivity index (χ1n) is 6.04. The van der Waals surface area contributed by atoms with Crippen molar-refractivity contribution in [2.45, 2.75) is 24.9 Å². The van der Waals surface area contributed by atoms with Crippen LogP contribution in [0, 0.1) is 0 Å². The molecule has 1 amide bonds. The van der Waals surface area contributed by atoms with E-state index in [9.17, 15) is 9.90 Å². The van der Waals surface area contributed by atoms with Gasteiger partial charge in [0, 0.05) is 12.2 Å². The number of carbonyl (C=O) groups excluding carboxylic acids is 1. The van der Waals surface area contributed by atoms with Gasteiger partial charge in [-0.2, -0.15) is 0 Å². The number of hydrogen-bond acceptors (Lipinski definition) is 3. The van der Waals surface area contributed by atoms with Crippen LogP contribution in [0.4, 0.5) is 5.69 Å². The number of rotatable bonds is 1. The summed E-state index contributed by atoms with van der Waals surface area (Å²) in [5, 5.41) is 16.6. The lowest BCUT2D eigenvalue weighted by Gasteiger charge is -2.33. The topological polar surface area (TPSA) is 61.4 Å². The van der Waals surface area contributed by atoms with Crippen LogP contribution in [0.2, 0.25) is 0 Å². The molecule has 1 aromatic rings. The lowest BCUT2D eigenvalue weighted by atomic mass is 9.85. The van der Waals surface area contributed by atoms with E-state index in [0.717, 1.165) is 36.2 Å². The lowest BCUT2D eigenvalue weighted by molar-refractivity contribution is -0.115. The molecule has 2 heterocycles. The molecule has 1 saturated heterocycles. The van der Waals surface area contributed by atoms with E-state index in [4.69, 9.17) is 0 Å². The molecule has 2 aliphatic heterocycles. The summed E-state index contributed by atoms with van der Waals surface area (Å²) in [4.78, 5) is 11.3. The Bertz CT molecular complexity index is 464. The fourth-order valence-corrected chi connectivity index (χ4v) is 2.65. The van der Waals surface area contributed by atoms with Gasteiger partial charge in [0.15, 0.2) is 0 Å². The minimum atomic E-state index is -0.779. The summed E-state index contributed by atoms with van der Waals surface area (Å²) < 4.78 is 0.